The average molecular weight is 381 g/mol. The summed E-state index contributed by atoms with van der Waals surface area (Å²) in [5.41, 5.74) is 0. The monoisotopic (exact) mass is 380 g/mol. The van der Waals surface area contributed by atoms with Crippen LogP contribution in [-0.2, 0) is 0 Å². The lowest BCUT2D eigenvalue weighted by Crippen LogP contribution is -1.77. The van der Waals surface area contributed by atoms with Gasteiger partial charge in [-0.05, 0) is 59.0 Å². The molecule has 2 aromatic carbocycles. The topological polar surface area (TPSA) is 0 Å². The van der Waals surface area contributed by atoms with Crippen LogP contribution in [0.25, 0.3) is 40.3 Å². The summed E-state index contributed by atoms with van der Waals surface area (Å²) in [5, 5.41) is 5.63. The predicted molar refractivity (Wildman–Crippen MR) is 118 cm³/mol. The quantitative estimate of drug-likeness (QED) is 0.287. The van der Waals surface area contributed by atoms with Crippen molar-refractivity contribution in [2.45, 2.75) is 39.5 Å². The van der Waals surface area contributed by atoms with Crippen LogP contribution in [-0.4, -0.2) is 0 Å². The van der Waals surface area contributed by atoms with Gasteiger partial charge < -0.3 is 0 Å². The lowest BCUT2D eigenvalue weighted by atomic mass is 10.1. The number of fused-ring (bicyclic) bond motifs is 5. The fourth-order valence-electron chi connectivity index (χ4n) is 3.45. The van der Waals surface area contributed by atoms with Gasteiger partial charge in [0, 0.05) is 39.3 Å². The highest BCUT2D eigenvalue weighted by molar-refractivity contribution is 7.27. The van der Waals surface area contributed by atoms with E-state index in [1.165, 1.54) is 50.1 Å². The second-order valence-corrected chi connectivity index (χ2v) is 10.8. The van der Waals surface area contributed by atoms with Crippen LogP contribution in [0.3, 0.4) is 0 Å². The first-order valence-corrected chi connectivity index (χ1v) is 11.3. The Bertz CT molecular complexity index is 1150. The average Bonchev–Trinajstić information content (AvgIpc) is 3.24. The minimum atomic E-state index is 0.604. The van der Waals surface area contributed by atoms with Crippen LogP contribution in [0.2, 0.25) is 0 Å². The Hall–Kier alpha value is -1.42. The maximum atomic E-state index is 2.41. The first kappa shape index (κ1) is 15.8. The summed E-state index contributed by atoms with van der Waals surface area (Å²) >= 11 is 5.84. The van der Waals surface area contributed by atoms with Gasteiger partial charge in [0.05, 0.1) is 0 Å². The highest BCUT2D eigenvalue weighted by Crippen LogP contribution is 2.42. The van der Waals surface area contributed by atoms with Gasteiger partial charge in [-0.1, -0.05) is 27.7 Å². The van der Waals surface area contributed by atoms with Crippen LogP contribution in [0, 0.1) is 0 Å². The largest absolute Gasteiger partial charge is 0.140 e. The zero-order chi connectivity index (χ0) is 17.3. The summed E-state index contributed by atoms with van der Waals surface area (Å²) < 4.78 is 5.68. The molecule has 0 bridgehead atoms. The molecule has 3 aromatic heterocycles. The van der Waals surface area contributed by atoms with E-state index >= 15 is 0 Å². The molecule has 126 valence electrons. The van der Waals surface area contributed by atoms with E-state index in [1.807, 2.05) is 34.0 Å². The van der Waals surface area contributed by atoms with Crippen molar-refractivity contribution >= 4 is 74.4 Å². The summed E-state index contributed by atoms with van der Waals surface area (Å²) in [5.74, 6) is 1.21. The summed E-state index contributed by atoms with van der Waals surface area (Å²) in [6, 6.07) is 14.4. The minimum absolute atomic E-state index is 0.604. The fourth-order valence-corrected chi connectivity index (χ4v) is 6.93. The molecule has 0 spiro atoms. The Morgan fingerprint density at radius 3 is 1.36 bits per heavy atom. The van der Waals surface area contributed by atoms with Crippen LogP contribution >= 0.6 is 34.0 Å². The summed E-state index contributed by atoms with van der Waals surface area (Å²) in [7, 11) is 0. The maximum absolute atomic E-state index is 2.41. The van der Waals surface area contributed by atoms with E-state index < -0.39 is 0 Å². The van der Waals surface area contributed by atoms with E-state index in [2.05, 4.69) is 64.1 Å². The number of hydrogen-bond acceptors (Lipinski definition) is 3. The van der Waals surface area contributed by atoms with Crippen molar-refractivity contribution in [2.24, 2.45) is 0 Å². The van der Waals surface area contributed by atoms with E-state index in [0.717, 1.165) is 0 Å². The van der Waals surface area contributed by atoms with Crippen LogP contribution in [0.5, 0.6) is 0 Å². The minimum Gasteiger partial charge on any atom is -0.140 e. The standard InChI is InChI=1S/C22H20S3/c1-11(2)17-7-13-5-15-16-6-14-8-18(12(3)4)24-20(14)10-22(16)25-21(15)9-19(13)23-17/h5-12H,1-4H3. The maximum Gasteiger partial charge on any atom is 0.0369 e. The lowest BCUT2D eigenvalue weighted by molar-refractivity contribution is 0.890. The Balaban J connectivity index is 1.80. The van der Waals surface area contributed by atoms with Crippen molar-refractivity contribution in [1.29, 1.82) is 0 Å². The zero-order valence-corrected chi connectivity index (χ0v) is 17.3. The zero-order valence-electron chi connectivity index (χ0n) is 14.8. The summed E-state index contributed by atoms with van der Waals surface area (Å²) in [4.78, 5) is 2.97. The molecule has 0 aliphatic carbocycles. The molecular formula is C22H20S3. The molecular weight excluding hydrogens is 360 g/mol. The van der Waals surface area contributed by atoms with Crippen LogP contribution in [0.15, 0.2) is 36.4 Å². The molecule has 0 aliphatic heterocycles. The second kappa shape index (κ2) is 5.54. The van der Waals surface area contributed by atoms with Gasteiger partial charge in [0.15, 0.2) is 0 Å². The second-order valence-electron chi connectivity index (χ2n) is 7.48. The van der Waals surface area contributed by atoms with Gasteiger partial charge in [-0.15, -0.1) is 34.0 Å². The molecule has 0 amide bonds. The molecule has 0 N–H and O–H groups in total. The molecule has 5 rings (SSSR count). The molecule has 0 unspecified atom stereocenters. The van der Waals surface area contributed by atoms with Crippen molar-refractivity contribution in [3.8, 4) is 0 Å². The molecule has 0 aliphatic rings. The van der Waals surface area contributed by atoms with Gasteiger partial charge in [-0.2, -0.15) is 0 Å². The predicted octanol–water partition coefficient (Wildman–Crippen LogP) is 8.73. The van der Waals surface area contributed by atoms with Gasteiger partial charge >= 0.3 is 0 Å². The Morgan fingerprint density at radius 1 is 0.520 bits per heavy atom. The summed E-state index contributed by atoms with van der Waals surface area (Å²) in [6.07, 6.45) is 0. The van der Waals surface area contributed by atoms with Gasteiger partial charge in [0.2, 0.25) is 0 Å². The van der Waals surface area contributed by atoms with E-state index in [4.69, 9.17) is 0 Å². The molecule has 3 heteroatoms. The highest BCUT2D eigenvalue weighted by Gasteiger charge is 2.13. The van der Waals surface area contributed by atoms with Crippen LogP contribution in [0.4, 0.5) is 0 Å². The number of hydrogen-bond donors (Lipinski definition) is 0. The van der Waals surface area contributed by atoms with Gasteiger partial charge in [-0.3, -0.25) is 0 Å². The molecule has 0 nitrogen and oxygen atoms in total. The smallest absolute Gasteiger partial charge is 0.0369 e. The Kier molecular flexibility index (Phi) is 3.50. The van der Waals surface area contributed by atoms with Crippen molar-refractivity contribution in [1.82, 2.24) is 0 Å². The van der Waals surface area contributed by atoms with E-state index in [9.17, 15) is 0 Å². The third-order valence-electron chi connectivity index (χ3n) is 4.92. The molecule has 0 fully saturated rings. The van der Waals surface area contributed by atoms with Crippen LogP contribution in [0.1, 0.15) is 49.3 Å². The van der Waals surface area contributed by atoms with Crippen molar-refractivity contribution in [3.63, 3.8) is 0 Å². The number of thiophene rings is 3. The molecule has 0 saturated carbocycles. The lowest BCUT2D eigenvalue weighted by Gasteiger charge is -1.96. The van der Waals surface area contributed by atoms with Crippen molar-refractivity contribution in [2.75, 3.05) is 0 Å². The Labute approximate surface area is 159 Å². The van der Waals surface area contributed by atoms with Crippen LogP contribution < -0.4 is 0 Å². The Morgan fingerprint density at radius 2 is 0.960 bits per heavy atom. The molecule has 5 aromatic rings. The molecule has 3 heterocycles. The molecule has 0 atom stereocenters. The molecule has 25 heavy (non-hydrogen) atoms. The fraction of sp³-hybridized carbons (Fsp3) is 0.273. The van der Waals surface area contributed by atoms with E-state index in [-0.39, 0.29) is 0 Å². The summed E-state index contributed by atoms with van der Waals surface area (Å²) in [6.45, 7) is 9.12. The van der Waals surface area contributed by atoms with Gasteiger partial charge in [-0.25, -0.2) is 0 Å². The normalized spacial score (nSPS) is 12.7. The molecule has 0 radical (unpaired) electrons. The van der Waals surface area contributed by atoms with E-state index in [0.29, 0.717) is 11.8 Å². The van der Waals surface area contributed by atoms with Crippen molar-refractivity contribution < 1.29 is 0 Å². The SMILES string of the molecule is CC(C)c1cc2cc3c(cc2s1)sc1cc2sc(C(C)C)cc2cc13. The van der Waals surface area contributed by atoms with Gasteiger partial charge in [0.25, 0.3) is 0 Å². The highest BCUT2D eigenvalue weighted by atomic mass is 32.1. The van der Waals surface area contributed by atoms with Gasteiger partial charge in [0.1, 0.15) is 0 Å². The first-order valence-electron chi connectivity index (χ1n) is 8.83. The third-order valence-corrected chi connectivity index (χ3v) is 8.84. The first-order chi connectivity index (χ1) is 12.0. The third kappa shape index (κ3) is 2.44. The van der Waals surface area contributed by atoms with Crippen molar-refractivity contribution in [3.05, 3.63) is 46.2 Å². The van der Waals surface area contributed by atoms with E-state index in [1.54, 1.807) is 0 Å². The number of benzene rings is 2. The number of rotatable bonds is 2. The molecule has 0 saturated heterocycles.